The van der Waals surface area contributed by atoms with Crippen LogP contribution in [0.3, 0.4) is 0 Å². The monoisotopic (exact) mass is 353 g/mol. The molecule has 134 valence electrons. The number of benzene rings is 2. The Morgan fingerprint density at radius 2 is 1.81 bits per heavy atom. The summed E-state index contributed by atoms with van der Waals surface area (Å²) in [5, 5.41) is 16.1. The number of urea groups is 1. The van der Waals surface area contributed by atoms with Crippen molar-refractivity contribution in [1.29, 1.82) is 0 Å². The molecule has 0 aliphatic rings. The Bertz CT molecular complexity index is 842. The third kappa shape index (κ3) is 5.55. The van der Waals surface area contributed by atoms with Gasteiger partial charge in [0.25, 0.3) is 5.69 Å². The number of rotatable bonds is 6. The second-order valence-electron chi connectivity index (χ2n) is 5.88. The molecule has 7 heteroatoms. The minimum Gasteiger partial charge on any atom is -0.336 e. The Morgan fingerprint density at radius 1 is 1.12 bits per heavy atom. The highest BCUT2D eigenvalue weighted by molar-refractivity contribution is 6.07. The Morgan fingerprint density at radius 3 is 2.42 bits per heavy atom. The molecular formula is C19H19N3O4. The standard InChI is InChI=1S/C19H19N3O4/c1-13(2)20-19(24)21-16-9-7-15(8-10-16)18(23)11-6-14-4-3-5-17(12-14)22(25)26/h3-13H,1-2H3,(H2,20,21,24). The van der Waals surface area contributed by atoms with Crippen molar-refractivity contribution in [2.75, 3.05) is 5.32 Å². The molecule has 2 aromatic carbocycles. The maximum atomic E-state index is 12.2. The van der Waals surface area contributed by atoms with Crippen molar-refractivity contribution in [2.24, 2.45) is 0 Å². The quantitative estimate of drug-likeness (QED) is 0.354. The molecule has 0 aromatic heterocycles. The van der Waals surface area contributed by atoms with Crippen molar-refractivity contribution in [1.82, 2.24) is 5.32 Å². The second kappa shape index (κ2) is 8.57. The van der Waals surface area contributed by atoms with Gasteiger partial charge in [-0.25, -0.2) is 4.79 Å². The summed E-state index contributed by atoms with van der Waals surface area (Å²) in [5.41, 5.74) is 1.55. The van der Waals surface area contributed by atoms with Gasteiger partial charge in [-0.3, -0.25) is 14.9 Å². The van der Waals surface area contributed by atoms with E-state index in [0.717, 1.165) is 0 Å². The maximum absolute atomic E-state index is 12.2. The van der Waals surface area contributed by atoms with E-state index in [-0.39, 0.29) is 23.5 Å². The Hall–Kier alpha value is -3.48. The van der Waals surface area contributed by atoms with Crippen LogP contribution < -0.4 is 10.6 Å². The van der Waals surface area contributed by atoms with Gasteiger partial charge < -0.3 is 10.6 Å². The first kappa shape index (κ1) is 18.9. The molecule has 0 saturated carbocycles. The van der Waals surface area contributed by atoms with E-state index in [0.29, 0.717) is 16.8 Å². The van der Waals surface area contributed by atoms with Crippen molar-refractivity contribution < 1.29 is 14.5 Å². The lowest BCUT2D eigenvalue weighted by Gasteiger charge is -2.10. The van der Waals surface area contributed by atoms with Gasteiger partial charge in [0.1, 0.15) is 0 Å². The molecule has 0 bridgehead atoms. The summed E-state index contributed by atoms with van der Waals surface area (Å²) in [6, 6.07) is 12.2. The number of carbonyl (C=O) groups is 2. The van der Waals surface area contributed by atoms with Gasteiger partial charge in [-0.05, 0) is 49.8 Å². The number of carbonyl (C=O) groups excluding carboxylic acids is 2. The molecule has 0 fully saturated rings. The van der Waals surface area contributed by atoms with Crippen LogP contribution in [0.1, 0.15) is 29.8 Å². The topological polar surface area (TPSA) is 101 Å². The van der Waals surface area contributed by atoms with Gasteiger partial charge in [-0.2, -0.15) is 0 Å². The van der Waals surface area contributed by atoms with E-state index in [2.05, 4.69) is 10.6 Å². The number of non-ortho nitro benzene ring substituents is 1. The van der Waals surface area contributed by atoms with Crippen LogP contribution in [0.25, 0.3) is 6.08 Å². The zero-order chi connectivity index (χ0) is 19.1. The highest BCUT2D eigenvalue weighted by Gasteiger charge is 2.07. The van der Waals surface area contributed by atoms with E-state index in [4.69, 9.17) is 0 Å². The third-order valence-corrected chi connectivity index (χ3v) is 3.36. The van der Waals surface area contributed by atoms with Gasteiger partial charge in [0, 0.05) is 29.4 Å². The summed E-state index contributed by atoms with van der Waals surface area (Å²) in [5.74, 6) is -0.241. The lowest BCUT2D eigenvalue weighted by atomic mass is 10.1. The van der Waals surface area contributed by atoms with Crippen LogP contribution in [0.4, 0.5) is 16.2 Å². The molecule has 7 nitrogen and oxygen atoms in total. The summed E-state index contributed by atoms with van der Waals surface area (Å²) < 4.78 is 0. The highest BCUT2D eigenvalue weighted by atomic mass is 16.6. The molecule has 0 spiro atoms. The number of nitro groups is 1. The van der Waals surface area contributed by atoms with E-state index >= 15 is 0 Å². The molecular weight excluding hydrogens is 334 g/mol. The summed E-state index contributed by atoms with van der Waals surface area (Å²) >= 11 is 0. The van der Waals surface area contributed by atoms with Gasteiger partial charge in [0.15, 0.2) is 5.78 Å². The summed E-state index contributed by atoms with van der Waals surface area (Å²) in [7, 11) is 0. The van der Waals surface area contributed by atoms with Crippen LogP contribution >= 0.6 is 0 Å². The Kier molecular flexibility index (Phi) is 6.21. The number of nitrogens with zero attached hydrogens (tertiary/aromatic N) is 1. The van der Waals surface area contributed by atoms with Crippen LogP contribution in [0.2, 0.25) is 0 Å². The summed E-state index contributed by atoms with van der Waals surface area (Å²) in [6.07, 6.45) is 2.88. The van der Waals surface area contributed by atoms with Crippen LogP contribution in [-0.2, 0) is 0 Å². The zero-order valence-electron chi connectivity index (χ0n) is 14.4. The van der Waals surface area contributed by atoms with E-state index in [1.54, 1.807) is 36.4 Å². The van der Waals surface area contributed by atoms with Gasteiger partial charge in [-0.1, -0.05) is 18.2 Å². The van der Waals surface area contributed by atoms with Crippen molar-refractivity contribution in [3.63, 3.8) is 0 Å². The van der Waals surface area contributed by atoms with Crippen molar-refractivity contribution in [3.8, 4) is 0 Å². The molecule has 26 heavy (non-hydrogen) atoms. The van der Waals surface area contributed by atoms with Gasteiger partial charge >= 0.3 is 6.03 Å². The zero-order valence-corrected chi connectivity index (χ0v) is 14.4. The van der Waals surface area contributed by atoms with Gasteiger partial charge in [-0.15, -0.1) is 0 Å². The molecule has 2 aromatic rings. The molecule has 0 aliphatic heterocycles. The molecule has 0 unspecified atom stereocenters. The molecule has 2 rings (SSSR count). The van der Waals surface area contributed by atoms with E-state index < -0.39 is 4.92 Å². The molecule has 2 amide bonds. The first-order chi connectivity index (χ1) is 12.3. The lowest BCUT2D eigenvalue weighted by Crippen LogP contribution is -2.34. The van der Waals surface area contributed by atoms with Crippen molar-refractivity contribution in [3.05, 3.63) is 75.8 Å². The molecule has 2 N–H and O–H groups in total. The minimum absolute atomic E-state index is 0.0230. The normalized spacial score (nSPS) is 10.7. The number of anilines is 1. The van der Waals surface area contributed by atoms with Crippen molar-refractivity contribution in [2.45, 2.75) is 19.9 Å². The summed E-state index contributed by atoms with van der Waals surface area (Å²) in [4.78, 5) is 34.1. The molecule has 0 aliphatic carbocycles. The number of hydrogen-bond donors (Lipinski definition) is 2. The fraction of sp³-hybridized carbons (Fsp3) is 0.158. The summed E-state index contributed by atoms with van der Waals surface area (Å²) in [6.45, 7) is 3.71. The Labute approximate surface area is 150 Å². The smallest absolute Gasteiger partial charge is 0.319 e. The average molecular weight is 353 g/mol. The van der Waals surface area contributed by atoms with Gasteiger partial charge in [0.05, 0.1) is 4.92 Å². The van der Waals surface area contributed by atoms with Crippen LogP contribution in [0.15, 0.2) is 54.6 Å². The molecule has 0 radical (unpaired) electrons. The molecule has 0 saturated heterocycles. The largest absolute Gasteiger partial charge is 0.336 e. The molecule has 0 heterocycles. The maximum Gasteiger partial charge on any atom is 0.319 e. The predicted molar refractivity (Wildman–Crippen MR) is 100 cm³/mol. The number of ketones is 1. The molecule has 0 atom stereocenters. The van der Waals surface area contributed by atoms with Crippen LogP contribution in [0, 0.1) is 10.1 Å². The fourth-order valence-corrected chi connectivity index (χ4v) is 2.16. The van der Waals surface area contributed by atoms with E-state index in [9.17, 15) is 19.7 Å². The first-order valence-electron chi connectivity index (χ1n) is 7.99. The lowest BCUT2D eigenvalue weighted by molar-refractivity contribution is -0.384. The van der Waals surface area contributed by atoms with Gasteiger partial charge in [0.2, 0.25) is 0 Å². The number of nitro benzene ring substituents is 1. The first-order valence-corrected chi connectivity index (χ1v) is 7.99. The van der Waals surface area contributed by atoms with E-state index in [1.807, 2.05) is 13.8 Å². The van der Waals surface area contributed by atoms with Crippen molar-refractivity contribution >= 4 is 29.3 Å². The van der Waals surface area contributed by atoms with Crippen LogP contribution in [-0.4, -0.2) is 22.8 Å². The minimum atomic E-state index is -0.486. The number of amides is 2. The average Bonchev–Trinajstić information content (AvgIpc) is 2.59. The second-order valence-corrected chi connectivity index (χ2v) is 5.88. The number of allylic oxidation sites excluding steroid dienone is 1. The highest BCUT2D eigenvalue weighted by Crippen LogP contribution is 2.15. The third-order valence-electron chi connectivity index (χ3n) is 3.36. The van der Waals surface area contributed by atoms with Crippen LogP contribution in [0.5, 0.6) is 0 Å². The number of hydrogen-bond acceptors (Lipinski definition) is 4. The SMILES string of the molecule is CC(C)NC(=O)Nc1ccc(C(=O)C=Cc2cccc([N+](=O)[O-])c2)cc1. The predicted octanol–water partition coefficient (Wildman–Crippen LogP) is 4.02. The number of nitrogens with one attached hydrogen (secondary N) is 2. The Balaban J connectivity index is 2.02. The fourth-order valence-electron chi connectivity index (χ4n) is 2.16. The van der Waals surface area contributed by atoms with E-state index in [1.165, 1.54) is 24.3 Å².